The average molecular weight is 224 g/mol. The largest absolute Gasteiger partial charge is 0.0883 e. The first kappa shape index (κ1) is 15.7. The van der Waals surface area contributed by atoms with Crippen LogP contribution < -0.4 is 0 Å². The molecule has 0 saturated heterocycles. The van der Waals surface area contributed by atoms with Gasteiger partial charge in [-0.2, -0.15) is 0 Å². The summed E-state index contributed by atoms with van der Waals surface area (Å²) < 4.78 is 0. The monoisotopic (exact) mass is 224 g/mol. The number of hydrogen-bond donors (Lipinski definition) is 0. The SMILES string of the molecule is CCCCCCC/C=C/C(CC)CCCC. The summed E-state index contributed by atoms with van der Waals surface area (Å²) in [5.74, 6) is 0.843. The summed E-state index contributed by atoms with van der Waals surface area (Å²) in [7, 11) is 0. The minimum Gasteiger partial charge on any atom is -0.0883 e. The van der Waals surface area contributed by atoms with Crippen molar-refractivity contribution in [1.82, 2.24) is 0 Å². The average Bonchev–Trinajstić information content (AvgIpc) is 2.32. The van der Waals surface area contributed by atoms with Gasteiger partial charge < -0.3 is 0 Å². The molecule has 0 saturated carbocycles. The Balaban J connectivity index is 3.40. The van der Waals surface area contributed by atoms with Gasteiger partial charge in [0.25, 0.3) is 0 Å². The number of unbranched alkanes of at least 4 members (excludes halogenated alkanes) is 6. The maximum absolute atomic E-state index is 2.47. The minimum atomic E-state index is 0.843. The van der Waals surface area contributed by atoms with Crippen molar-refractivity contribution in [3.05, 3.63) is 12.2 Å². The molecule has 0 heterocycles. The molecule has 0 aromatic carbocycles. The van der Waals surface area contributed by atoms with Crippen molar-refractivity contribution in [3.8, 4) is 0 Å². The first-order valence-electron chi connectivity index (χ1n) is 7.51. The van der Waals surface area contributed by atoms with Crippen LogP contribution in [0.5, 0.6) is 0 Å². The quantitative estimate of drug-likeness (QED) is 0.293. The lowest BCUT2D eigenvalue weighted by atomic mass is 9.98. The maximum atomic E-state index is 2.47. The molecule has 0 N–H and O–H groups in total. The molecule has 1 atom stereocenters. The molecule has 0 rings (SSSR count). The lowest BCUT2D eigenvalue weighted by Gasteiger charge is -2.08. The number of allylic oxidation sites excluding steroid dienone is 2. The third kappa shape index (κ3) is 10.3. The maximum Gasteiger partial charge on any atom is -0.0236 e. The Bertz CT molecular complexity index is 146. The zero-order valence-corrected chi connectivity index (χ0v) is 11.8. The highest BCUT2D eigenvalue weighted by Gasteiger charge is 1.99. The van der Waals surface area contributed by atoms with Crippen LogP contribution in [0.2, 0.25) is 0 Å². The second-order valence-electron chi connectivity index (χ2n) is 4.94. The third-order valence-electron chi connectivity index (χ3n) is 3.34. The molecule has 0 fully saturated rings. The molecule has 0 aliphatic heterocycles. The van der Waals surface area contributed by atoms with Gasteiger partial charge in [0.05, 0.1) is 0 Å². The molecule has 0 nitrogen and oxygen atoms in total. The summed E-state index contributed by atoms with van der Waals surface area (Å²) in [6, 6.07) is 0. The highest BCUT2D eigenvalue weighted by molar-refractivity contribution is 4.87. The second-order valence-corrected chi connectivity index (χ2v) is 4.94. The van der Waals surface area contributed by atoms with Crippen LogP contribution >= 0.6 is 0 Å². The van der Waals surface area contributed by atoms with Gasteiger partial charge >= 0.3 is 0 Å². The topological polar surface area (TPSA) is 0 Å². The zero-order valence-electron chi connectivity index (χ0n) is 11.8. The van der Waals surface area contributed by atoms with Gasteiger partial charge in [-0.1, -0.05) is 71.4 Å². The highest BCUT2D eigenvalue weighted by atomic mass is 14.1. The van der Waals surface area contributed by atoms with Gasteiger partial charge in [0, 0.05) is 0 Å². The van der Waals surface area contributed by atoms with Gasteiger partial charge in [0.1, 0.15) is 0 Å². The van der Waals surface area contributed by atoms with Crippen LogP contribution in [-0.2, 0) is 0 Å². The fourth-order valence-electron chi connectivity index (χ4n) is 2.06. The van der Waals surface area contributed by atoms with E-state index in [1.165, 1.54) is 64.2 Å². The molecular formula is C16H32. The molecule has 0 amide bonds. The molecule has 0 aliphatic rings. The van der Waals surface area contributed by atoms with E-state index < -0.39 is 0 Å². The first-order valence-corrected chi connectivity index (χ1v) is 7.51. The number of rotatable bonds is 11. The summed E-state index contributed by atoms with van der Waals surface area (Å²) in [4.78, 5) is 0. The Kier molecular flexibility index (Phi) is 12.6. The molecule has 0 aliphatic carbocycles. The standard InChI is InChI=1S/C16H32/c1-4-7-9-10-11-12-13-15-16(6-3)14-8-5-2/h13,15-16H,4-12,14H2,1-3H3/b15-13+. The molecule has 1 unspecified atom stereocenters. The van der Waals surface area contributed by atoms with Crippen LogP contribution in [0.25, 0.3) is 0 Å². The van der Waals surface area contributed by atoms with E-state index in [2.05, 4.69) is 32.9 Å². The van der Waals surface area contributed by atoms with E-state index in [-0.39, 0.29) is 0 Å². The fraction of sp³-hybridized carbons (Fsp3) is 0.875. The molecule has 16 heavy (non-hydrogen) atoms. The summed E-state index contributed by atoms with van der Waals surface area (Å²) in [5.41, 5.74) is 0. The van der Waals surface area contributed by atoms with Crippen LogP contribution in [-0.4, -0.2) is 0 Å². The Morgan fingerprint density at radius 3 is 2.12 bits per heavy atom. The predicted octanol–water partition coefficient (Wildman–Crippen LogP) is 6.12. The van der Waals surface area contributed by atoms with Gasteiger partial charge in [-0.3, -0.25) is 0 Å². The second kappa shape index (κ2) is 12.8. The lowest BCUT2D eigenvalue weighted by Crippen LogP contribution is -1.93. The fourth-order valence-corrected chi connectivity index (χ4v) is 2.06. The van der Waals surface area contributed by atoms with Crippen molar-refractivity contribution in [1.29, 1.82) is 0 Å². The normalized spacial score (nSPS) is 13.4. The zero-order chi connectivity index (χ0) is 12.1. The Morgan fingerprint density at radius 2 is 1.50 bits per heavy atom. The van der Waals surface area contributed by atoms with E-state index in [1.807, 2.05) is 0 Å². The van der Waals surface area contributed by atoms with Crippen molar-refractivity contribution in [2.24, 2.45) is 5.92 Å². The molecule has 0 bridgehead atoms. The summed E-state index contributed by atoms with van der Waals surface area (Å²) >= 11 is 0. The molecule has 96 valence electrons. The molecule has 0 radical (unpaired) electrons. The number of hydrogen-bond acceptors (Lipinski definition) is 0. The van der Waals surface area contributed by atoms with Crippen molar-refractivity contribution in [2.75, 3.05) is 0 Å². The molecule has 0 spiro atoms. The highest BCUT2D eigenvalue weighted by Crippen LogP contribution is 2.15. The van der Waals surface area contributed by atoms with Crippen molar-refractivity contribution < 1.29 is 0 Å². The molecule has 0 aromatic heterocycles. The Labute approximate surface area is 104 Å². The van der Waals surface area contributed by atoms with Crippen LogP contribution in [0.15, 0.2) is 12.2 Å². The van der Waals surface area contributed by atoms with Gasteiger partial charge in [-0.05, 0) is 31.6 Å². The summed E-state index contributed by atoms with van der Waals surface area (Å²) in [6.07, 6.45) is 18.6. The Morgan fingerprint density at radius 1 is 0.812 bits per heavy atom. The van der Waals surface area contributed by atoms with Crippen LogP contribution in [0, 0.1) is 5.92 Å². The van der Waals surface area contributed by atoms with E-state index in [1.54, 1.807) is 0 Å². The predicted molar refractivity (Wildman–Crippen MR) is 75.8 cm³/mol. The first-order chi connectivity index (χ1) is 7.85. The van der Waals surface area contributed by atoms with E-state index in [4.69, 9.17) is 0 Å². The van der Waals surface area contributed by atoms with Gasteiger partial charge in [0.2, 0.25) is 0 Å². The molecular weight excluding hydrogens is 192 g/mol. The van der Waals surface area contributed by atoms with E-state index in [0.717, 1.165) is 5.92 Å². The van der Waals surface area contributed by atoms with E-state index >= 15 is 0 Å². The van der Waals surface area contributed by atoms with Crippen molar-refractivity contribution in [3.63, 3.8) is 0 Å². The third-order valence-corrected chi connectivity index (χ3v) is 3.34. The van der Waals surface area contributed by atoms with Crippen LogP contribution in [0.3, 0.4) is 0 Å². The summed E-state index contributed by atoms with van der Waals surface area (Å²) in [5, 5.41) is 0. The van der Waals surface area contributed by atoms with Crippen LogP contribution in [0.4, 0.5) is 0 Å². The van der Waals surface area contributed by atoms with Gasteiger partial charge in [-0.15, -0.1) is 0 Å². The molecule has 0 aromatic rings. The van der Waals surface area contributed by atoms with Gasteiger partial charge in [0.15, 0.2) is 0 Å². The smallest absolute Gasteiger partial charge is 0.0236 e. The van der Waals surface area contributed by atoms with Crippen molar-refractivity contribution >= 4 is 0 Å². The van der Waals surface area contributed by atoms with Crippen molar-refractivity contribution in [2.45, 2.75) is 85.0 Å². The molecule has 0 heteroatoms. The Hall–Kier alpha value is -0.260. The van der Waals surface area contributed by atoms with E-state index in [9.17, 15) is 0 Å². The van der Waals surface area contributed by atoms with E-state index in [0.29, 0.717) is 0 Å². The van der Waals surface area contributed by atoms with Crippen LogP contribution in [0.1, 0.15) is 85.0 Å². The minimum absolute atomic E-state index is 0.843. The lowest BCUT2D eigenvalue weighted by molar-refractivity contribution is 0.538. The summed E-state index contributed by atoms with van der Waals surface area (Å²) in [6.45, 7) is 6.87. The van der Waals surface area contributed by atoms with Gasteiger partial charge in [-0.25, -0.2) is 0 Å².